The van der Waals surface area contributed by atoms with Gasteiger partial charge < -0.3 is 25.9 Å². The van der Waals surface area contributed by atoms with Crippen LogP contribution < -0.4 is 21.6 Å². The minimum atomic E-state index is -0.996. The molecule has 0 saturated heterocycles. The molecule has 2 aromatic heterocycles. The number of nitrogens with one attached hydrogen (secondary N) is 1. The standard InChI is InChI=1S/C21H20N10O4/c1-35-14-6-7-17-15(8-14)18(26-28-21(23)34)19(32)30(17)10-13-11-31(29-25-13)16-5-3-2-4-12(16)9-24-27-20(22)33/h2-9,11,32H,10H2,1H3,(H2,23,34)(H3,22,27,33)/b24-9+,28-26?. The molecule has 4 rings (SSSR count). The monoisotopic (exact) mass is 476 g/mol. The third-order valence-electron chi connectivity index (χ3n) is 4.89. The number of ether oxygens (including phenoxy) is 1. The molecule has 4 amide bonds. The van der Waals surface area contributed by atoms with Gasteiger partial charge in [0, 0.05) is 10.9 Å². The fourth-order valence-corrected chi connectivity index (χ4v) is 3.41. The number of carbonyl (C=O) groups excluding carboxylic acids is 2. The molecule has 178 valence electrons. The van der Waals surface area contributed by atoms with Crippen LogP contribution in [0.3, 0.4) is 0 Å². The normalized spacial score (nSPS) is 11.5. The summed E-state index contributed by atoms with van der Waals surface area (Å²) in [4.78, 5) is 22.0. The summed E-state index contributed by atoms with van der Waals surface area (Å²) in [5.74, 6) is 0.290. The molecule has 0 atom stereocenters. The lowest BCUT2D eigenvalue weighted by atomic mass is 10.2. The number of urea groups is 2. The van der Waals surface area contributed by atoms with Crippen LogP contribution >= 0.6 is 0 Å². The van der Waals surface area contributed by atoms with Gasteiger partial charge in [0.25, 0.3) is 0 Å². The lowest BCUT2D eigenvalue weighted by Crippen LogP contribution is -2.24. The van der Waals surface area contributed by atoms with Crippen LogP contribution in [-0.4, -0.2) is 50.1 Å². The second-order valence-electron chi connectivity index (χ2n) is 7.13. The maximum atomic E-state index is 11.1. The van der Waals surface area contributed by atoms with Crippen LogP contribution in [0.25, 0.3) is 16.6 Å². The molecule has 0 fully saturated rings. The van der Waals surface area contributed by atoms with E-state index < -0.39 is 12.1 Å². The van der Waals surface area contributed by atoms with Crippen molar-refractivity contribution in [3.63, 3.8) is 0 Å². The van der Waals surface area contributed by atoms with Crippen molar-refractivity contribution in [2.75, 3.05) is 7.11 Å². The van der Waals surface area contributed by atoms with Crippen LogP contribution in [0.15, 0.2) is 64.0 Å². The number of carbonyl (C=O) groups is 2. The van der Waals surface area contributed by atoms with Gasteiger partial charge >= 0.3 is 12.1 Å². The van der Waals surface area contributed by atoms with E-state index in [2.05, 4.69) is 31.1 Å². The second kappa shape index (κ2) is 9.70. The van der Waals surface area contributed by atoms with Crippen LogP contribution in [0.1, 0.15) is 11.3 Å². The minimum absolute atomic E-state index is 0.0635. The number of azo groups is 1. The molecule has 4 aromatic rings. The molecule has 0 aliphatic rings. The number of hydrazone groups is 1. The van der Waals surface area contributed by atoms with Gasteiger partial charge in [-0.1, -0.05) is 28.5 Å². The van der Waals surface area contributed by atoms with Gasteiger partial charge in [0.15, 0.2) is 5.69 Å². The molecule has 0 unspecified atom stereocenters. The van der Waals surface area contributed by atoms with Crippen molar-refractivity contribution in [1.82, 2.24) is 25.0 Å². The molecule has 6 N–H and O–H groups in total. The van der Waals surface area contributed by atoms with Crippen molar-refractivity contribution in [2.24, 2.45) is 26.8 Å². The molecule has 0 saturated carbocycles. The topological polar surface area (TPSA) is 200 Å². The largest absolute Gasteiger partial charge is 0.497 e. The van der Waals surface area contributed by atoms with E-state index in [0.29, 0.717) is 33.6 Å². The molecule has 0 spiro atoms. The van der Waals surface area contributed by atoms with Crippen LogP contribution in [-0.2, 0) is 6.54 Å². The number of rotatable bonds is 7. The fourth-order valence-electron chi connectivity index (χ4n) is 3.41. The molecule has 2 aromatic carbocycles. The van der Waals surface area contributed by atoms with E-state index in [4.69, 9.17) is 16.2 Å². The van der Waals surface area contributed by atoms with E-state index in [1.165, 1.54) is 18.0 Å². The summed E-state index contributed by atoms with van der Waals surface area (Å²) in [6.07, 6.45) is 3.10. The Morgan fingerprint density at radius 2 is 2.03 bits per heavy atom. The van der Waals surface area contributed by atoms with Gasteiger partial charge in [0.2, 0.25) is 5.88 Å². The van der Waals surface area contributed by atoms with Crippen LogP contribution in [0.2, 0.25) is 0 Å². The molecule has 14 nitrogen and oxygen atoms in total. The number of methoxy groups -OCH3 is 1. The van der Waals surface area contributed by atoms with Crippen molar-refractivity contribution in [2.45, 2.75) is 6.54 Å². The Bertz CT molecular complexity index is 1470. The summed E-state index contributed by atoms with van der Waals surface area (Å²) < 4.78 is 8.33. The zero-order valence-electron chi connectivity index (χ0n) is 18.4. The Morgan fingerprint density at radius 1 is 1.23 bits per heavy atom. The maximum absolute atomic E-state index is 11.1. The van der Waals surface area contributed by atoms with E-state index in [-0.39, 0.29) is 18.1 Å². The highest BCUT2D eigenvalue weighted by Crippen LogP contribution is 2.40. The Morgan fingerprint density at radius 3 is 2.77 bits per heavy atom. The minimum Gasteiger partial charge on any atom is -0.497 e. The van der Waals surface area contributed by atoms with E-state index in [1.54, 1.807) is 47.2 Å². The number of benzene rings is 2. The molecule has 2 heterocycles. The number of amides is 4. The Labute approximate surface area is 197 Å². The summed E-state index contributed by atoms with van der Waals surface area (Å²) in [5.41, 5.74) is 14.7. The zero-order valence-corrected chi connectivity index (χ0v) is 18.4. The highest BCUT2D eigenvalue weighted by atomic mass is 16.5. The van der Waals surface area contributed by atoms with E-state index in [0.717, 1.165) is 0 Å². The highest BCUT2D eigenvalue weighted by molar-refractivity contribution is 5.96. The Balaban J connectivity index is 1.70. The number of nitrogens with two attached hydrogens (primary N) is 2. The molecular weight excluding hydrogens is 456 g/mol. The van der Waals surface area contributed by atoms with Gasteiger partial charge in [-0.2, -0.15) is 5.10 Å². The van der Waals surface area contributed by atoms with Gasteiger partial charge in [0.1, 0.15) is 11.4 Å². The number of para-hydroxylation sites is 1. The molecule has 0 aliphatic heterocycles. The lowest BCUT2D eigenvalue weighted by molar-refractivity contribution is 0.249. The Kier molecular flexibility index (Phi) is 6.35. The summed E-state index contributed by atoms with van der Waals surface area (Å²) in [5, 5.41) is 30.7. The van der Waals surface area contributed by atoms with Crippen LogP contribution in [0.5, 0.6) is 11.6 Å². The average molecular weight is 476 g/mol. The second-order valence-corrected chi connectivity index (χ2v) is 7.13. The number of nitrogens with zero attached hydrogens (tertiary/aromatic N) is 7. The highest BCUT2D eigenvalue weighted by Gasteiger charge is 2.19. The molecular formula is C21H20N10O4. The average Bonchev–Trinajstić information content (AvgIpc) is 3.40. The van der Waals surface area contributed by atoms with Crippen molar-refractivity contribution in [3.05, 3.63) is 59.9 Å². The summed E-state index contributed by atoms with van der Waals surface area (Å²) in [6.45, 7) is 0.125. The lowest BCUT2D eigenvalue weighted by Gasteiger charge is -2.05. The number of primary amides is 2. The first-order chi connectivity index (χ1) is 16.9. The molecule has 14 heteroatoms. The Hall–Kier alpha value is -5.27. The SMILES string of the molecule is COc1ccc2c(c1)c(N=NC(N)=O)c(O)n2Cc1cn(-c2ccccc2/C=N/NC(N)=O)nn1. The smallest absolute Gasteiger partial charge is 0.356 e. The van der Waals surface area contributed by atoms with Crippen molar-refractivity contribution in [1.29, 1.82) is 0 Å². The van der Waals surface area contributed by atoms with Crippen LogP contribution in [0.4, 0.5) is 15.3 Å². The first-order valence-electron chi connectivity index (χ1n) is 10.1. The fraction of sp³-hybridized carbons (Fsp3) is 0.0952. The number of aromatic nitrogens is 4. The quantitative estimate of drug-likeness (QED) is 0.179. The van der Waals surface area contributed by atoms with Gasteiger partial charge in [-0.25, -0.2) is 19.7 Å². The molecule has 0 bridgehead atoms. The third kappa shape index (κ3) is 4.90. The summed E-state index contributed by atoms with van der Waals surface area (Å²) in [6, 6.07) is 10.5. The first kappa shape index (κ1) is 22.9. The summed E-state index contributed by atoms with van der Waals surface area (Å²) in [7, 11) is 1.51. The van der Waals surface area contributed by atoms with Gasteiger partial charge in [-0.3, -0.25) is 0 Å². The number of hydrogen-bond acceptors (Lipinski definition) is 8. The first-order valence-corrected chi connectivity index (χ1v) is 10.1. The van der Waals surface area contributed by atoms with Crippen LogP contribution in [0, 0.1) is 0 Å². The zero-order chi connectivity index (χ0) is 24.9. The number of aromatic hydroxyl groups is 1. The van der Waals surface area contributed by atoms with Crippen molar-refractivity contribution >= 4 is 34.9 Å². The maximum Gasteiger partial charge on any atom is 0.356 e. The van der Waals surface area contributed by atoms with Gasteiger partial charge in [0.05, 0.1) is 37.3 Å². The van der Waals surface area contributed by atoms with E-state index in [1.807, 2.05) is 6.07 Å². The summed E-state index contributed by atoms with van der Waals surface area (Å²) >= 11 is 0. The molecule has 35 heavy (non-hydrogen) atoms. The van der Waals surface area contributed by atoms with E-state index >= 15 is 0 Å². The molecule has 0 radical (unpaired) electrons. The number of fused-ring (bicyclic) bond motifs is 1. The molecule has 0 aliphatic carbocycles. The van der Waals surface area contributed by atoms with Crippen molar-refractivity contribution in [3.8, 4) is 17.3 Å². The predicted octanol–water partition coefficient (Wildman–Crippen LogP) is 2.15. The number of hydrogen-bond donors (Lipinski definition) is 4. The van der Waals surface area contributed by atoms with Gasteiger partial charge in [-0.15, -0.1) is 10.2 Å². The van der Waals surface area contributed by atoms with Crippen molar-refractivity contribution < 1.29 is 19.4 Å². The third-order valence-corrected chi connectivity index (χ3v) is 4.89. The van der Waals surface area contributed by atoms with E-state index in [9.17, 15) is 14.7 Å². The van der Waals surface area contributed by atoms with Gasteiger partial charge in [-0.05, 0) is 24.3 Å². The predicted molar refractivity (Wildman–Crippen MR) is 125 cm³/mol.